The lowest BCUT2D eigenvalue weighted by atomic mass is 10.0. The molecule has 26 heavy (non-hydrogen) atoms. The molecule has 3 aromatic heterocycles. The number of carbonyl (C=O) groups is 1. The smallest absolute Gasteiger partial charge is 0.274 e. The molecule has 0 bridgehead atoms. The summed E-state index contributed by atoms with van der Waals surface area (Å²) in [6.45, 7) is 4.19. The van der Waals surface area contributed by atoms with Crippen LogP contribution in [-0.2, 0) is 11.2 Å². The van der Waals surface area contributed by atoms with Crippen LogP contribution in [0, 0.1) is 12.8 Å². The summed E-state index contributed by atoms with van der Waals surface area (Å²) in [6, 6.07) is 4.07. The van der Waals surface area contributed by atoms with Crippen molar-refractivity contribution >= 4 is 11.4 Å². The van der Waals surface area contributed by atoms with Gasteiger partial charge in [0.25, 0.3) is 5.91 Å². The number of fused-ring (bicyclic) bond motifs is 1. The van der Waals surface area contributed by atoms with E-state index in [0.717, 1.165) is 23.3 Å². The van der Waals surface area contributed by atoms with Gasteiger partial charge in [-0.15, -0.1) is 0 Å². The fourth-order valence-electron chi connectivity index (χ4n) is 3.31. The van der Waals surface area contributed by atoms with E-state index in [4.69, 9.17) is 4.74 Å². The lowest BCUT2D eigenvalue weighted by molar-refractivity contribution is 0.0731. The quantitative estimate of drug-likeness (QED) is 0.719. The molecule has 1 aliphatic heterocycles. The van der Waals surface area contributed by atoms with E-state index < -0.39 is 0 Å². The summed E-state index contributed by atoms with van der Waals surface area (Å²) < 4.78 is 7.80. The van der Waals surface area contributed by atoms with Crippen molar-refractivity contribution in [1.29, 1.82) is 0 Å². The van der Waals surface area contributed by atoms with Gasteiger partial charge in [0.2, 0.25) is 0 Å². The molecule has 0 saturated carbocycles. The molecule has 0 spiro atoms. The van der Waals surface area contributed by atoms with E-state index in [2.05, 4.69) is 25.4 Å². The van der Waals surface area contributed by atoms with Crippen LogP contribution in [0.3, 0.4) is 0 Å². The topological polar surface area (TPSA) is 72.6 Å². The fourth-order valence-corrected chi connectivity index (χ4v) is 3.31. The Morgan fingerprint density at radius 1 is 1.27 bits per heavy atom. The number of aryl methyl sites for hydroxylation is 1. The first-order valence-electron chi connectivity index (χ1n) is 8.77. The number of rotatable bonds is 3. The van der Waals surface area contributed by atoms with Gasteiger partial charge in [0.15, 0.2) is 0 Å². The maximum Gasteiger partial charge on any atom is 0.274 e. The van der Waals surface area contributed by atoms with Crippen LogP contribution in [0.4, 0.5) is 0 Å². The number of ether oxygens (including phenoxy) is 1. The maximum absolute atomic E-state index is 12.8. The SMILES string of the molecule is Cc1cnc(C(=O)N2CCOC[C@@H](Cc3nccn4cccc34)C2)cn1. The van der Waals surface area contributed by atoms with Gasteiger partial charge in [-0.1, -0.05) is 0 Å². The minimum atomic E-state index is -0.0955. The number of amides is 1. The molecule has 0 aliphatic carbocycles. The first-order chi connectivity index (χ1) is 12.7. The Hall–Kier alpha value is -2.80. The van der Waals surface area contributed by atoms with Gasteiger partial charge in [0, 0.05) is 43.8 Å². The van der Waals surface area contributed by atoms with Crippen molar-refractivity contribution in [2.75, 3.05) is 26.3 Å². The summed E-state index contributed by atoms with van der Waals surface area (Å²) in [4.78, 5) is 27.5. The van der Waals surface area contributed by atoms with Crippen LogP contribution >= 0.6 is 0 Å². The van der Waals surface area contributed by atoms with Crippen LogP contribution in [0.15, 0.2) is 43.1 Å². The van der Waals surface area contributed by atoms with Crippen LogP contribution in [0.5, 0.6) is 0 Å². The second-order valence-electron chi connectivity index (χ2n) is 6.61. The highest BCUT2D eigenvalue weighted by molar-refractivity contribution is 5.92. The normalized spacial score (nSPS) is 18.0. The van der Waals surface area contributed by atoms with Crippen LogP contribution in [0.1, 0.15) is 21.9 Å². The average Bonchev–Trinajstić information content (AvgIpc) is 3.02. The maximum atomic E-state index is 12.8. The monoisotopic (exact) mass is 351 g/mol. The van der Waals surface area contributed by atoms with E-state index in [1.807, 2.05) is 36.5 Å². The Morgan fingerprint density at radius 3 is 3.04 bits per heavy atom. The molecule has 1 atom stereocenters. The fraction of sp³-hybridized carbons (Fsp3) is 0.368. The minimum Gasteiger partial charge on any atom is -0.379 e. The van der Waals surface area contributed by atoms with E-state index in [1.54, 1.807) is 12.4 Å². The summed E-state index contributed by atoms with van der Waals surface area (Å²) in [7, 11) is 0. The number of hydrogen-bond donors (Lipinski definition) is 0. The Balaban J connectivity index is 1.51. The summed E-state index contributed by atoms with van der Waals surface area (Å²) in [5.41, 5.74) is 3.29. The lowest BCUT2D eigenvalue weighted by Gasteiger charge is -2.23. The van der Waals surface area contributed by atoms with Crippen molar-refractivity contribution < 1.29 is 9.53 Å². The van der Waals surface area contributed by atoms with Gasteiger partial charge >= 0.3 is 0 Å². The Labute approximate surface area is 151 Å². The molecule has 0 unspecified atom stereocenters. The Kier molecular flexibility index (Phi) is 4.62. The zero-order valence-corrected chi connectivity index (χ0v) is 14.7. The summed E-state index contributed by atoms with van der Waals surface area (Å²) in [6.07, 6.45) is 9.68. The highest BCUT2D eigenvalue weighted by atomic mass is 16.5. The second kappa shape index (κ2) is 7.21. The molecule has 7 heteroatoms. The van der Waals surface area contributed by atoms with Crippen molar-refractivity contribution in [1.82, 2.24) is 24.3 Å². The molecular formula is C19H21N5O2. The van der Waals surface area contributed by atoms with Gasteiger partial charge in [-0.05, 0) is 25.5 Å². The van der Waals surface area contributed by atoms with Crippen molar-refractivity contribution in [3.8, 4) is 0 Å². The van der Waals surface area contributed by atoms with Gasteiger partial charge in [-0.2, -0.15) is 0 Å². The van der Waals surface area contributed by atoms with E-state index in [0.29, 0.717) is 32.0 Å². The van der Waals surface area contributed by atoms with Gasteiger partial charge in [0.1, 0.15) is 5.69 Å². The molecule has 1 amide bonds. The molecule has 134 valence electrons. The van der Waals surface area contributed by atoms with Crippen LogP contribution < -0.4 is 0 Å². The molecule has 1 aliphatic rings. The zero-order chi connectivity index (χ0) is 17.9. The Morgan fingerprint density at radius 2 is 2.19 bits per heavy atom. The summed E-state index contributed by atoms with van der Waals surface area (Å²) >= 11 is 0. The zero-order valence-electron chi connectivity index (χ0n) is 14.7. The molecule has 7 nitrogen and oxygen atoms in total. The largest absolute Gasteiger partial charge is 0.379 e. The first kappa shape index (κ1) is 16.7. The molecular weight excluding hydrogens is 330 g/mol. The van der Waals surface area contributed by atoms with Gasteiger partial charge < -0.3 is 14.0 Å². The third-order valence-electron chi connectivity index (χ3n) is 4.64. The molecule has 4 heterocycles. The minimum absolute atomic E-state index is 0.0955. The Bertz CT molecular complexity index is 906. The number of nitrogens with zero attached hydrogens (tertiary/aromatic N) is 5. The molecule has 1 fully saturated rings. The number of carbonyl (C=O) groups excluding carboxylic acids is 1. The average molecular weight is 351 g/mol. The summed E-state index contributed by atoms with van der Waals surface area (Å²) in [5, 5.41) is 0. The van der Waals surface area contributed by atoms with E-state index in [1.165, 1.54) is 0 Å². The van der Waals surface area contributed by atoms with Crippen molar-refractivity contribution in [3.63, 3.8) is 0 Å². The number of aromatic nitrogens is 4. The van der Waals surface area contributed by atoms with Gasteiger partial charge in [0.05, 0.1) is 36.3 Å². The van der Waals surface area contributed by atoms with Crippen LogP contribution in [0.25, 0.3) is 5.52 Å². The molecule has 1 saturated heterocycles. The van der Waals surface area contributed by atoms with Gasteiger partial charge in [-0.3, -0.25) is 14.8 Å². The molecule has 4 rings (SSSR count). The summed E-state index contributed by atoms with van der Waals surface area (Å²) in [5.74, 6) is 0.0929. The van der Waals surface area contributed by atoms with E-state index in [9.17, 15) is 4.79 Å². The standard InChI is InChI=1S/C19H21N5O2/c1-14-10-22-17(11-21-14)19(25)24-7-8-26-13-15(12-24)9-16-18-3-2-5-23(18)6-4-20-16/h2-6,10-11,15H,7-9,12-13H2,1H3/t15-/m0/s1. The molecule has 0 N–H and O–H groups in total. The molecule has 3 aromatic rings. The van der Waals surface area contributed by atoms with Crippen molar-refractivity contribution in [3.05, 3.63) is 60.2 Å². The first-order valence-corrected chi connectivity index (χ1v) is 8.77. The third-order valence-corrected chi connectivity index (χ3v) is 4.64. The van der Waals surface area contributed by atoms with Crippen LogP contribution in [-0.4, -0.2) is 56.5 Å². The highest BCUT2D eigenvalue weighted by Crippen LogP contribution is 2.18. The van der Waals surface area contributed by atoms with Crippen LogP contribution in [0.2, 0.25) is 0 Å². The predicted octanol–water partition coefficient (Wildman–Crippen LogP) is 1.76. The highest BCUT2D eigenvalue weighted by Gasteiger charge is 2.25. The number of hydrogen-bond acceptors (Lipinski definition) is 5. The van der Waals surface area contributed by atoms with E-state index in [-0.39, 0.29) is 11.8 Å². The lowest BCUT2D eigenvalue weighted by Crippen LogP contribution is -2.37. The predicted molar refractivity (Wildman–Crippen MR) is 95.9 cm³/mol. The van der Waals surface area contributed by atoms with Crippen molar-refractivity contribution in [2.24, 2.45) is 5.92 Å². The van der Waals surface area contributed by atoms with E-state index >= 15 is 0 Å². The second-order valence-corrected chi connectivity index (χ2v) is 6.61. The molecule has 0 radical (unpaired) electrons. The van der Waals surface area contributed by atoms with Crippen molar-refractivity contribution in [2.45, 2.75) is 13.3 Å². The van der Waals surface area contributed by atoms with Gasteiger partial charge in [-0.25, -0.2) is 4.98 Å². The third kappa shape index (κ3) is 3.43. The molecule has 0 aromatic carbocycles.